The summed E-state index contributed by atoms with van der Waals surface area (Å²) in [5.41, 5.74) is 13.8. The number of hydrogen-bond acceptors (Lipinski definition) is 5. The van der Waals surface area contributed by atoms with Gasteiger partial charge in [0.25, 0.3) is 0 Å². The number of hydrogen-bond donors (Lipinski definition) is 3. The normalized spacial score (nSPS) is 11.0. The zero-order chi connectivity index (χ0) is 11.1. The summed E-state index contributed by atoms with van der Waals surface area (Å²) >= 11 is 1.48. The van der Waals surface area contributed by atoms with E-state index in [1.807, 2.05) is 17.5 Å². The average molecular weight is 231 g/mol. The van der Waals surface area contributed by atoms with Crippen LogP contribution in [0, 0.1) is 0 Å². The third-order valence-electron chi connectivity index (χ3n) is 2.32. The molecule has 3 aromatic rings. The van der Waals surface area contributed by atoms with Gasteiger partial charge in [0.1, 0.15) is 11.6 Å². The van der Waals surface area contributed by atoms with Crippen molar-refractivity contribution in [2.24, 2.45) is 0 Å². The van der Waals surface area contributed by atoms with Crippen LogP contribution in [0.1, 0.15) is 0 Å². The van der Waals surface area contributed by atoms with Gasteiger partial charge in [-0.25, -0.2) is 9.97 Å². The number of H-pyrrole nitrogens is 1. The van der Waals surface area contributed by atoms with E-state index in [1.54, 1.807) is 6.07 Å². The summed E-state index contributed by atoms with van der Waals surface area (Å²) in [6.45, 7) is 0. The van der Waals surface area contributed by atoms with E-state index in [0.717, 1.165) is 21.9 Å². The number of aromatic nitrogens is 3. The SMILES string of the molecule is Nc1ccc2[nH]c(-c3ccsc3N)nc2n1. The first-order valence-corrected chi connectivity index (χ1v) is 5.57. The van der Waals surface area contributed by atoms with Gasteiger partial charge < -0.3 is 16.5 Å². The number of nitrogens with two attached hydrogens (primary N) is 2. The molecule has 80 valence electrons. The van der Waals surface area contributed by atoms with E-state index in [0.29, 0.717) is 11.5 Å². The highest BCUT2D eigenvalue weighted by Gasteiger charge is 2.09. The first-order valence-electron chi connectivity index (χ1n) is 4.69. The first kappa shape index (κ1) is 9.17. The molecule has 0 aliphatic carbocycles. The zero-order valence-electron chi connectivity index (χ0n) is 8.27. The number of imidazole rings is 1. The van der Waals surface area contributed by atoms with Crippen molar-refractivity contribution in [3.8, 4) is 11.4 Å². The maximum absolute atomic E-state index is 5.84. The van der Waals surface area contributed by atoms with Gasteiger partial charge >= 0.3 is 0 Å². The third kappa shape index (κ3) is 1.31. The lowest BCUT2D eigenvalue weighted by molar-refractivity contribution is 1.31. The quantitative estimate of drug-likeness (QED) is 0.595. The monoisotopic (exact) mass is 231 g/mol. The Morgan fingerprint density at radius 2 is 2.00 bits per heavy atom. The summed E-state index contributed by atoms with van der Waals surface area (Å²) in [5.74, 6) is 1.19. The van der Waals surface area contributed by atoms with Crippen LogP contribution in [0.5, 0.6) is 0 Å². The van der Waals surface area contributed by atoms with Crippen LogP contribution in [0.2, 0.25) is 0 Å². The van der Waals surface area contributed by atoms with Gasteiger partial charge in [-0.3, -0.25) is 0 Å². The number of pyridine rings is 1. The van der Waals surface area contributed by atoms with Crippen molar-refractivity contribution < 1.29 is 0 Å². The number of thiophene rings is 1. The maximum atomic E-state index is 5.84. The highest BCUT2D eigenvalue weighted by Crippen LogP contribution is 2.29. The second kappa shape index (κ2) is 3.21. The number of nitrogens with one attached hydrogen (secondary N) is 1. The van der Waals surface area contributed by atoms with Gasteiger partial charge in [-0.2, -0.15) is 0 Å². The molecule has 0 aromatic carbocycles. The maximum Gasteiger partial charge on any atom is 0.180 e. The van der Waals surface area contributed by atoms with Crippen LogP contribution in [-0.2, 0) is 0 Å². The molecule has 16 heavy (non-hydrogen) atoms. The van der Waals surface area contributed by atoms with E-state index in [9.17, 15) is 0 Å². The lowest BCUT2D eigenvalue weighted by atomic mass is 10.3. The Morgan fingerprint density at radius 3 is 2.75 bits per heavy atom. The van der Waals surface area contributed by atoms with E-state index < -0.39 is 0 Å². The number of fused-ring (bicyclic) bond motifs is 1. The fraction of sp³-hybridized carbons (Fsp3) is 0. The number of rotatable bonds is 1. The molecule has 5 nitrogen and oxygen atoms in total. The molecule has 0 atom stereocenters. The molecule has 5 N–H and O–H groups in total. The summed E-state index contributed by atoms with van der Waals surface area (Å²) < 4.78 is 0. The van der Waals surface area contributed by atoms with E-state index in [1.165, 1.54) is 11.3 Å². The topological polar surface area (TPSA) is 93.6 Å². The van der Waals surface area contributed by atoms with Gasteiger partial charge in [0.15, 0.2) is 5.65 Å². The molecule has 0 amide bonds. The van der Waals surface area contributed by atoms with E-state index >= 15 is 0 Å². The second-order valence-corrected chi connectivity index (χ2v) is 4.34. The Morgan fingerprint density at radius 1 is 1.12 bits per heavy atom. The largest absolute Gasteiger partial charge is 0.390 e. The van der Waals surface area contributed by atoms with Crippen molar-refractivity contribution in [1.29, 1.82) is 0 Å². The van der Waals surface area contributed by atoms with Crippen molar-refractivity contribution in [2.75, 3.05) is 11.5 Å². The Labute approximate surface area is 95.1 Å². The Kier molecular flexibility index (Phi) is 1.84. The van der Waals surface area contributed by atoms with Crippen molar-refractivity contribution in [3.05, 3.63) is 23.6 Å². The molecule has 0 aliphatic rings. The van der Waals surface area contributed by atoms with Crippen LogP contribution in [-0.4, -0.2) is 15.0 Å². The number of nitrogen functional groups attached to an aromatic ring is 2. The molecule has 0 radical (unpaired) electrons. The fourth-order valence-electron chi connectivity index (χ4n) is 1.55. The van der Waals surface area contributed by atoms with Crippen LogP contribution in [0.25, 0.3) is 22.6 Å². The Bertz CT molecular complexity index is 654. The molecule has 3 aromatic heterocycles. The van der Waals surface area contributed by atoms with Gasteiger partial charge in [0, 0.05) is 0 Å². The van der Waals surface area contributed by atoms with Crippen LogP contribution in [0.4, 0.5) is 10.8 Å². The van der Waals surface area contributed by atoms with Crippen molar-refractivity contribution in [1.82, 2.24) is 15.0 Å². The number of nitrogens with zero attached hydrogens (tertiary/aromatic N) is 2. The zero-order valence-corrected chi connectivity index (χ0v) is 9.08. The minimum absolute atomic E-state index is 0.462. The van der Waals surface area contributed by atoms with Crippen LogP contribution in [0.15, 0.2) is 23.6 Å². The molecule has 6 heteroatoms. The predicted molar refractivity (Wildman–Crippen MR) is 66.0 cm³/mol. The van der Waals surface area contributed by atoms with Crippen molar-refractivity contribution in [3.63, 3.8) is 0 Å². The molecule has 0 aliphatic heterocycles. The average Bonchev–Trinajstić information content (AvgIpc) is 2.82. The third-order valence-corrected chi connectivity index (χ3v) is 3.06. The summed E-state index contributed by atoms with van der Waals surface area (Å²) in [6.07, 6.45) is 0. The Hall–Kier alpha value is -2.08. The summed E-state index contributed by atoms with van der Waals surface area (Å²) in [4.78, 5) is 11.7. The second-order valence-electron chi connectivity index (χ2n) is 3.39. The number of anilines is 2. The molecule has 3 heterocycles. The summed E-state index contributed by atoms with van der Waals surface area (Å²) in [5, 5.41) is 2.67. The lowest BCUT2D eigenvalue weighted by Crippen LogP contribution is -1.88. The molecule has 0 saturated carbocycles. The smallest absolute Gasteiger partial charge is 0.180 e. The summed E-state index contributed by atoms with van der Waals surface area (Å²) in [6, 6.07) is 5.53. The van der Waals surface area contributed by atoms with Crippen LogP contribution < -0.4 is 11.5 Å². The highest BCUT2D eigenvalue weighted by molar-refractivity contribution is 7.14. The first-order chi connectivity index (χ1) is 7.74. The molecule has 0 saturated heterocycles. The fourth-order valence-corrected chi connectivity index (χ4v) is 2.19. The van der Waals surface area contributed by atoms with Gasteiger partial charge in [-0.1, -0.05) is 0 Å². The van der Waals surface area contributed by atoms with Gasteiger partial charge in [0.2, 0.25) is 0 Å². The molecule has 0 fully saturated rings. The van der Waals surface area contributed by atoms with Crippen LogP contribution >= 0.6 is 11.3 Å². The highest BCUT2D eigenvalue weighted by atomic mass is 32.1. The molecular formula is C10H9N5S. The standard InChI is InChI=1S/C10H9N5S/c11-7-2-1-6-10(14-7)15-9(13-6)5-3-4-16-8(5)12/h1-4H,12H2,(H3,11,13,14,15). The van der Waals surface area contributed by atoms with Gasteiger partial charge in [0.05, 0.1) is 16.1 Å². The predicted octanol–water partition coefficient (Wildman–Crippen LogP) is 1.85. The van der Waals surface area contributed by atoms with Gasteiger partial charge in [-0.15, -0.1) is 11.3 Å². The number of aromatic amines is 1. The molecule has 0 unspecified atom stereocenters. The molecular weight excluding hydrogens is 222 g/mol. The lowest BCUT2D eigenvalue weighted by Gasteiger charge is -1.91. The van der Waals surface area contributed by atoms with Crippen molar-refractivity contribution >= 4 is 33.3 Å². The van der Waals surface area contributed by atoms with Gasteiger partial charge in [-0.05, 0) is 23.6 Å². The Balaban J connectivity index is 2.23. The molecule has 3 rings (SSSR count). The van der Waals surface area contributed by atoms with E-state index in [4.69, 9.17) is 11.5 Å². The van der Waals surface area contributed by atoms with Crippen LogP contribution in [0.3, 0.4) is 0 Å². The molecule has 0 spiro atoms. The van der Waals surface area contributed by atoms with Crippen molar-refractivity contribution in [2.45, 2.75) is 0 Å². The van der Waals surface area contributed by atoms with E-state index in [-0.39, 0.29) is 0 Å². The van der Waals surface area contributed by atoms with E-state index in [2.05, 4.69) is 15.0 Å². The minimum atomic E-state index is 0.462. The summed E-state index contributed by atoms with van der Waals surface area (Å²) in [7, 11) is 0. The minimum Gasteiger partial charge on any atom is -0.390 e. The molecule has 0 bridgehead atoms.